The second kappa shape index (κ2) is 4.02. The minimum absolute atomic E-state index is 0.237. The van der Waals surface area contributed by atoms with Gasteiger partial charge in [0.05, 0.1) is 0 Å². The first-order valence-corrected chi connectivity index (χ1v) is 6.39. The van der Waals surface area contributed by atoms with Gasteiger partial charge in [-0.15, -0.1) is 0 Å². The molecule has 2 fully saturated rings. The quantitative estimate of drug-likeness (QED) is 0.784. The molecule has 1 saturated carbocycles. The standard InChI is InChI=1S/C13H23NO2/c1-9-5-7-14(11(9)12(15)16)10-4-6-13(2,3)8-10/h9-11H,4-8H2,1-3H3,(H,15,16). The molecule has 3 heteroatoms. The van der Waals surface area contributed by atoms with Crippen molar-refractivity contribution in [3.05, 3.63) is 0 Å². The second-order valence-electron chi connectivity index (χ2n) is 6.35. The van der Waals surface area contributed by atoms with Gasteiger partial charge in [0, 0.05) is 6.04 Å². The van der Waals surface area contributed by atoms with Crippen molar-refractivity contribution in [3.8, 4) is 0 Å². The number of nitrogens with zero attached hydrogens (tertiary/aromatic N) is 1. The van der Waals surface area contributed by atoms with E-state index in [1.807, 2.05) is 0 Å². The lowest BCUT2D eigenvalue weighted by molar-refractivity contribution is -0.144. The van der Waals surface area contributed by atoms with E-state index >= 15 is 0 Å². The Morgan fingerprint density at radius 2 is 2.06 bits per heavy atom. The fourth-order valence-electron chi connectivity index (χ4n) is 3.45. The highest BCUT2D eigenvalue weighted by Crippen LogP contribution is 2.42. The van der Waals surface area contributed by atoms with Crippen molar-refractivity contribution in [2.45, 2.75) is 58.5 Å². The summed E-state index contributed by atoms with van der Waals surface area (Å²) >= 11 is 0. The first-order valence-electron chi connectivity index (χ1n) is 6.39. The lowest BCUT2D eigenvalue weighted by Crippen LogP contribution is -2.44. The summed E-state index contributed by atoms with van der Waals surface area (Å²) < 4.78 is 0. The molecule has 16 heavy (non-hydrogen) atoms. The predicted molar refractivity (Wildman–Crippen MR) is 63.3 cm³/mol. The second-order valence-corrected chi connectivity index (χ2v) is 6.35. The average molecular weight is 225 g/mol. The van der Waals surface area contributed by atoms with Gasteiger partial charge in [-0.2, -0.15) is 0 Å². The van der Waals surface area contributed by atoms with Crippen LogP contribution in [0.3, 0.4) is 0 Å². The zero-order chi connectivity index (χ0) is 11.9. The van der Waals surface area contributed by atoms with Crippen molar-refractivity contribution >= 4 is 5.97 Å². The SMILES string of the molecule is CC1CCN(C2CCC(C)(C)C2)C1C(=O)O. The third-order valence-electron chi connectivity index (χ3n) is 4.40. The maximum atomic E-state index is 11.3. The van der Waals surface area contributed by atoms with E-state index in [0.29, 0.717) is 17.4 Å². The van der Waals surface area contributed by atoms with Gasteiger partial charge in [-0.1, -0.05) is 20.8 Å². The summed E-state index contributed by atoms with van der Waals surface area (Å²) in [4.78, 5) is 13.6. The normalized spacial score (nSPS) is 39.1. The summed E-state index contributed by atoms with van der Waals surface area (Å²) in [5.41, 5.74) is 0.402. The van der Waals surface area contributed by atoms with Crippen LogP contribution >= 0.6 is 0 Å². The highest BCUT2D eigenvalue weighted by atomic mass is 16.4. The van der Waals surface area contributed by atoms with Crippen LogP contribution in [0.4, 0.5) is 0 Å². The molecular weight excluding hydrogens is 202 g/mol. The highest BCUT2D eigenvalue weighted by Gasteiger charge is 2.44. The number of aliphatic carboxylic acids is 1. The molecular formula is C13H23NO2. The molecule has 1 saturated heterocycles. The molecule has 1 aliphatic heterocycles. The van der Waals surface area contributed by atoms with Gasteiger partial charge in [-0.3, -0.25) is 9.69 Å². The van der Waals surface area contributed by atoms with Crippen LogP contribution in [0.15, 0.2) is 0 Å². The van der Waals surface area contributed by atoms with Crippen LogP contribution in [0.5, 0.6) is 0 Å². The summed E-state index contributed by atoms with van der Waals surface area (Å²) in [6, 6.07) is 0.264. The maximum absolute atomic E-state index is 11.3. The molecule has 1 N–H and O–H groups in total. The number of hydrogen-bond acceptors (Lipinski definition) is 2. The molecule has 3 nitrogen and oxygen atoms in total. The molecule has 0 bridgehead atoms. The Morgan fingerprint density at radius 3 is 2.56 bits per heavy atom. The van der Waals surface area contributed by atoms with Crippen molar-refractivity contribution in [3.63, 3.8) is 0 Å². The molecule has 1 aliphatic carbocycles. The molecule has 0 aromatic rings. The van der Waals surface area contributed by atoms with Crippen LogP contribution in [-0.2, 0) is 4.79 Å². The largest absolute Gasteiger partial charge is 0.480 e. The fraction of sp³-hybridized carbons (Fsp3) is 0.923. The summed E-state index contributed by atoms with van der Waals surface area (Å²) in [7, 11) is 0. The number of carboxylic acids is 1. The van der Waals surface area contributed by atoms with E-state index in [9.17, 15) is 9.90 Å². The van der Waals surface area contributed by atoms with Crippen molar-refractivity contribution in [2.24, 2.45) is 11.3 Å². The van der Waals surface area contributed by atoms with Crippen LogP contribution in [0, 0.1) is 11.3 Å². The van der Waals surface area contributed by atoms with Crippen molar-refractivity contribution in [1.82, 2.24) is 4.90 Å². The van der Waals surface area contributed by atoms with E-state index in [1.54, 1.807) is 0 Å². The third-order valence-corrected chi connectivity index (χ3v) is 4.40. The Labute approximate surface area is 97.8 Å². The minimum Gasteiger partial charge on any atom is -0.480 e. The van der Waals surface area contributed by atoms with Gasteiger partial charge in [-0.25, -0.2) is 0 Å². The van der Waals surface area contributed by atoms with Crippen molar-refractivity contribution < 1.29 is 9.90 Å². The highest BCUT2D eigenvalue weighted by molar-refractivity contribution is 5.74. The van der Waals surface area contributed by atoms with Gasteiger partial charge in [-0.05, 0) is 43.6 Å². The van der Waals surface area contributed by atoms with Gasteiger partial charge in [0.2, 0.25) is 0 Å². The smallest absolute Gasteiger partial charge is 0.321 e. The fourth-order valence-corrected chi connectivity index (χ4v) is 3.45. The molecule has 92 valence electrons. The van der Waals surface area contributed by atoms with Crippen LogP contribution in [0.25, 0.3) is 0 Å². The average Bonchev–Trinajstić information content (AvgIpc) is 2.68. The topological polar surface area (TPSA) is 40.5 Å². The van der Waals surface area contributed by atoms with Gasteiger partial charge >= 0.3 is 5.97 Å². The van der Waals surface area contributed by atoms with Crippen LogP contribution < -0.4 is 0 Å². The van der Waals surface area contributed by atoms with Crippen LogP contribution in [0.2, 0.25) is 0 Å². The molecule has 0 amide bonds. The third kappa shape index (κ3) is 2.10. The van der Waals surface area contributed by atoms with Crippen molar-refractivity contribution in [1.29, 1.82) is 0 Å². The minimum atomic E-state index is -0.630. The molecule has 0 radical (unpaired) electrons. The zero-order valence-corrected chi connectivity index (χ0v) is 10.6. The van der Waals surface area contributed by atoms with E-state index in [1.165, 1.54) is 12.8 Å². The molecule has 2 rings (SSSR count). The lowest BCUT2D eigenvalue weighted by Gasteiger charge is -2.30. The first kappa shape index (κ1) is 11.9. The van der Waals surface area contributed by atoms with Gasteiger partial charge in [0.1, 0.15) is 6.04 Å². The van der Waals surface area contributed by atoms with E-state index in [4.69, 9.17) is 0 Å². The number of carboxylic acid groups (broad SMARTS) is 1. The summed E-state index contributed by atoms with van der Waals surface area (Å²) in [5.74, 6) is -0.323. The Kier molecular flexibility index (Phi) is 2.99. The molecule has 3 unspecified atom stereocenters. The van der Waals surface area contributed by atoms with Gasteiger partial charge in [0.15, 0.2) is 0 Å². The summed E-state index contributed by atoms with van der Waals surface area (Å²) in [5, 5.41) is 9.30. The zero-order valence-electron chi connectivity index (χ0n) is 10.6. The van der Waals surface area contributed by atoms with Crippen LogP contribution in [-0.4, -0.2) is 34.6 Å². The Hall–Kier alpha value is -0.570. The Morgan fingerprint density at radius 1 is 1.38 bits per heavy atom. The van der Waals surface area contributed by atoms with Gasteiger partial charge in [0.25, 0.3) is 0 Å². The van der Waals surface area contributed by atoms with Crippen LogP contribution in [0.1, 0.15) is 46.5 Å². The first-order chi connectivity index (χ1) is 7.41. The molecule has 0 spiro atoms. The van der Waals surface area contributed by atoms with E-state index in [0.717, 1.165) is 19.4 Å². The number of hydrogen-bond donors (Lipinski definition) is 1. The monoisotopic (exact) mass is 225 g/mol. The Bertz CT molecular complexity index is 288. The van der Waals surface area contributed by atoms with E-state index < -0.39 is 5.97 Å². The maximum Gasteiger partial charge on any atom is 0.321 e. The molecule has 2 aliphatic rings. The summed E-state index contributed by atoms with van der Waals surface area (Å²) in [6.45, 7) is 7.63. The van der Waals surface area contributed by atoms with E-state index in [-0.39, 0.29) is 6.04 Å². The Balaban J connectivity index is 2.07. The number of carbonyl (C=O) groups is 1. The summed E-state index contributed by atoms with van der Waals surface area (Å²) in [6.07, 6.45) is 4.59. The van der Waals surface area contributed by atoms with Crippen molar-refractivity contribution in [2.75, 3.05) is 6.54 Å². The molecule has 3 atom stereocenters. The molecule has 0 aromatic heterocycles. The molecule has 1 heterocycles. The lowest BCUT2D eigenvalue weighted by atomic mass is 9.91. The van der Waals surface area contributed by atoms with Gasteiger partial charge < -0.3 is 5.11 Å². The van der Waals surface area contributed by atoms with E-state index in [2.05, 4.69) is 25.7 Å². The molecule has 0 aromatic carbocycles. The predicted octanol–water partition coefficient (Wildman–Crippen LogP) is 2.36. The number of likely N-dealkylation sites (tertiary alicyclic amines) is 1. The number of rotatable bonds is 2.